The molecule has 0 fully saturated rings. The topological polar surface area (TPSA) is 76.9 Å². The van der Waals surface area contributed by atoms with Crippen LogP contribution in [-0.4, -0.2) is 27.0 Å². The fourth-order valence-corrected chi connectivity index (χ4v) is 2.84. The number of pyridine rings is 1. The molecule has 3 aromatic rings. The largest absolute Gasteiger partial charge is 0.354 e. The van der Waals surface area contributed by atoms with Crippen LogP contribution in [0.4, 0.5) is 0 Å². The molecule has 0 atom stereocenters. The van der Waals surface area contributed by atoms with Crippen LogP contribution < -0.4 is 10.9 Å². The first-order valence-corrected chi connectivity index (χ1v) is 7.70. The monoisotopic (exact) mass is 314 g/mol. The van der Waals surface area contributed by atoms with Crippen molar-refractivity contribution in [2.24, 2.45) is 0 Å². The van der Waals surface area contributed by atoms with Gasteiger partial charge in [0.25, 0.3) is 5.56 Å². The Morgan fingerprint density at radius 3 is 3.09 bits per heavy atom. The van der Waals surface area contributed by atoms with E-state index in [0.29, 0.717) is 18.5 Å². The summed E-state index contributed by atoms with van der Waals surface area (Å²) >= 11 is 1.44. The molecule has 22 heavy (non-hydrogen) atoms. The van der Waals surface area contributed by atoms with Crippen molar-refractivity contribution in [1.29, 1.82) is 0 Å². The van der Waals surface area contributed by atoms with Crippen LogP contribution in [0.25, 0.3) is 10.2 Å². The zero-order chi connectivity index (χ0) is 15.4. The van der Waals surface area contributed by atoms with Gasteiger partial charge < -0.3 is 5.32 Å². The molecular weight excluding hydrogens is 300 g/mol. The summed E-state index contributed by atoms with van der Waals surface area (Å²) < 4.78 is 1.51. The summed E-state index contributed by atoms with van der Waals surface area (Å²) in [5.74, 6) is -0.0920. The van der Waals surface area contributed by atoms with Gasteiger partial charge >= 0.3 is 0 Å². The van der Waals surface area contributed by atoms with Crippen LogP contribution in [0, 0.1) is 0 Å². The van der Waals surface area contributed by atoms with E-state index in [0.717, 1.165) is 10.4 Å². The second-order valence-electron chi connectivity index (χ2n) is 4.77. The lowest BCUT2D eigenvalue weighted by Crippen LogP contribution is -2.31. The molecule has 0 aliphatic heterocycles. The highest BCUT2D eigenvalue weighted by molar-refractivity contribution is 7.16. The average Bonchev–Trinajstić information content (AvgIpc) is 3.00. The van der Waals surface area contributed by atoms with E-state index in [9.17, 15) is 9.59 Å². The summed E-state index contributed by atoms with van der Waals surface area (Å²) in [6.45, 7) is 0.784. The van der Waals surface area contributed by atoms with Crippen LogP contribution in [0.1, 0.15) is 5.56 Å². The van der Waals surface area contributed by atoms with Crippen molar-refractivity contribution in [3.05, 3.63) is 58.2 Å². The molecule has 0 spiro atoms. The lowest BCUT2D eigenvalue weighted by molar-refractivity contribution is -0.120. The number of nitrogens with zero attached hydrogens (tertiary/aromatic N) is 3. The first-order chi connectivity index (χ1) is 10.7. The molecule has 0 aliphatic carbocycles. The predicted octanol–water partition coefficient (Wildman–Crippen LogP) is 1.21. The van der Waals surface area contributed by atoms with Gasteiger partial charge in [-0.25, -0.2) is 4.98 Å². The zero-order valence-electron chi connectivity index (χ0n) is 11.7. The molecule has 1 amide bonds. The molecule has 0 saturated heterocycles. The van der Waals surface area contributed by atoms with Crippen molar-refractivity contribution < 1.29 is 4.79 Å². The molecule has 1 N–H and O–H groups in total. The van der Waals surface area contributed by atoms with Crippen molar-refractivity contribution in [2.75, 3.05) is 6.54 Å². The standard InChI is InChI=1S/C15H14N4O2S/c20-13(8-11-2-1-4-16-9-11)17-5-6-19-10-18-14-12(15(19)21)3-7-22-14/h1-4,7,9-10H,5-6,8H2,(H,17,20). The van der Waals surface area contributed by atoms with E-state index in [1.807, 2.05) is 11.4 Å². The lowest BCUT2D eigenvalue weighted by atomic mass is 10.2. The summed E-state index contributed by atoms with van der Waals surface area (Å²) in [6, 6.07) is 5.42. The fourth-order valence-electron chi connectivity index (χ4n) is 2.12. The quantitative estimate of drug-likeness (QED) is 0.768. The zero-order valence-corrected chi connectivity index (χ0v) is 12.5. The molecule has 0 saturated carbocycles. The van der Waals surface area contributed by atoms with Gasteiger partial charge in [-0.05, 0) is 23.1 Å². The van der Waals surface area contributed by atoms with Crippen LogP contribution in [0.3, 0.4) is 0 Å². The second kappa shape index (κ2) is 6.48. The Morgan fingerprint density at radius 2 is 2.27 bits per heavy atom. The minimum absolute atomic E-state index is 0.0761. The summed E-state index contributed by atoms with van der Waals surface area (Å²) in [6.07, 6.45) is 5.14. The van der Waals surface area contributed by atoms with E-state index >= 15 is 0 Å². The predicted molar refractivity (Wildman–Crippen MR) is 84.8 cm³/mol. The molecule has 0 unspecified atom stereocenters. The van der Waals surface area contributed by atoms with Gasteiger partial charge in [-0.15, -0.1) is 11.3 Å². The third kappa shape index (κ3) is 3.20. The van der Waals surface area contributed by atoms with Gasteiger partial charge in [-0.3, -0.25) is 19.1 Å². The van der Waals surface area contributed by atoms with E-state index in [-0.39, 0.29) is 17.9 Å². The van der Waals surface area contributed by atoms with Crippen molar-refractivity contribution in [3.8, 4) is 0 Å². The third-order valence-corrected chi connectivity index (χ3v) is 4.03. The van der Waals surface area contributed by atoms with Crippen LogP contribution >= 0.6 is 11.3 Å². The van der Waals surface area contributed by atoms with Crippen LogP contribution in [-0.2, 0) is 17.8 Å². The summed E-state index contributed by atoms with van der Waals surface area (Å²) in [4.78, 5) is 32.9. The Balaban J connectivity index is 1.57. The van der Waals surface area contributed by atoms with Gasteiger partial charge in [0.15, 0.2) is 0 Å². The number of rotatable bonds is 5. The minimum Gasteiger partial charge on any atom is -0.354 e. The summed E-state index contributed by atoms with van der Waals surface area (Å²) in [7, 11) is 0. The Kier molecular flexibility index (Phi) is 4.24. The highest BCUT2D eigenvalue weighted by Gasteiger charge is 2.06. The molecule has 3 heterocycles. The number of amides is 1. The summed E-state index contributed by atoms with van der Waals surface area (Å²) in [5.41, 5.74) is 0.784. The first kappa shape index (κ1) is 14.4. The number of carbonyl (C=O) groups excluding carboxylic acids is 1. The number of fused-ring (bicyclic) bond motifs is 1. The van der Waals surface area contributed by atoms with Crippen molar-refractivity contribution in [1.82, 2.24) is 19.9 Å². The molecule has 7 heteroatoms. The average molecular weight is 314 g/mol. The van der Waals surface area contributed by atoms with Crippen molar-refractivity contribution in [3.63, 3.8) is 0 Å². The number of hydrogen-bond acceptors (Lipinski definition) is 5. The van der Waals surface area contributed by atoms with Crippen LogP contribution in [0.15, 0.2) is 47.1 Å². The maximum atomic E-state index is 12.2. The maximum Gasteiger partial charge on any atom is 0.262 e. The van der Waals surface area contributed by atoms with Gasteiger partial charge in [-0.1, -0.05) is 6.07 Å². The van der Waals surface area contributed by atoms with Gasteiger partial charge in [0.1, 0.15) is 4.83 Å². The Hall–Kier alpha value is -2.54. The van der Waals surface area contributed by atoms with E-state index in [2.05, 4.69) is 15.3 Å². The second-order valence-corrected chi connectivity index (χ2v) is 5.67. The van der Waals surface area contributed by atoms with E-state index in [1.165, 1.54) is 22.2 Å². The number of hydrogen-bond donors (Lipinski definition) is 1. The Morgan fingerprint density at radius 1 is 1.36 bits per heavy atom. The summed E-state index contributed by atoms with van der Waals surface area (Å²) in [5, 5.41) is 5.26. The molecule has 0 aromatic carbocycles. The third-order valence-electron chi connectivity index (χ3n) is 3.21. The van der Waals surface area contributed by atoms with Gasteiger partial charge in [0, 0.05) is 25.5 Å². The number of aromatic nitrogens is 3. The van der Waals surface area contributed by atoms with Crippen LogP contribution in [0.5, 0.6) is 0 Å². The molecule has 0 aliphatic rings. The van der Waals surface area contributed by atoms with Gasteiger partial charge in [0.05, 0.1) is 18.1 Å². The van der Waals surface area contributed by atoms with E-state index < -0.39 is 0 Å². The Labute approximate surface area is 130 Å². The van der Waals surface area contributed by atoms with Crippen LogP contribution in [0.2, 0.25) is 0 Å². The molecule has 0 radical (unpaired) electrons. The van der Waals surface area contributed by atoms with Crippen molar-refractivity contribution in [2.45, 2.75) is 13.0 Å². The smallest absolute Gasteiger partial charge is 0.262 e. The van der Waals surface area contributed by atoms with Gasteiger partial charge in [-0.2, -0.15) is 0 Å². The maximum absolute atomic E-state index is 12.2. The first-order valence-electron chi connectivity index (χ1n) is 6.82. The fraction of sp³-hybridized carbons (Fsp3) is 0.200. The van der Waals surface area contributed by atoms with E-state index in [1.54, 1.807) is 24.5 Å². The highest BCUT2D eigenvalue weighted by Crippen LogP contribution is 2.12. The molecule has 6 nitrogen and oxygen atoms in total. The molecule has 112 valence electrons. The van der Waals surface area contributed by atoms with Gasteiger partial charge in [0.2, 0.25) is 5.91 Å². The molecule has 0 bridgehead atoms. The van der Waals surface area contributed by atoms with E-state index in [4.69, 9.17) is 0 Å². The SMILES string of the molecule is O=C(Cc1cccnc1)NCCn1cnc2sccc2c1=O. The normalized spacial score (nSPS) is 10.7. The minimum atomic E-state index is -0.0920. The Bertz CT molecular complexity index is 841. The number of carbonyl (C=O) groups is 1. The lowest BCUT2D eigenvalue weighted by Gasteiger charge is -2.07. The highest BCUT2D eigenvalue weighted by atomic mass is 32.1. The van der Waals surface area contributed by atoms with Crippen molar-refractivity contribution >= 4 is 27.5 Å². The number of nitrogens with one attached hydrogen (secondary N) is 1. The molecular formula is C15H14N4O2S. The molecule has 3 aromatic heterocycles. The number of thiophene rings is 1. The molecule has 3 rings (SSSR count).